The Morgan fingerprint density at radius 1 is 1.42 bits per heavy atom. The smallest absolute Gasteiger partial charge is 0.306 e. The van der Waals surface area contributed by atoms with E-state index in [1.54, 1.807) is 11.8 Å². The minimum atomic E-state index is -0.837. The number of ketones is 1. The van der Waals surface area contributed by atoms with E-state index in [2.05, 4.69) is 4.98 Å². The molecule has 1 atom stereocenters. The summed E-state index contributed by atoms with van der Waals surface area (Å²) in [6.45, 7) is 3.98. The molecule has 1 saturated heterocycles. The number of nitrogens with zero attached hydrogens (tertiary/aromatic N) is 1. The molecule has 1 aliphatic heterocycles. The summed E-state index contributed by atoms with van der Waals surface area (Å²) < 4.78 is 0. The van der Waals surface area contributed by atoms with Crippen molar-refractivity contribution in [2.45, 2.75) is 13.8 Å². The molecule has 6 nitrogen and oxygen atoms in total. The summed E-state index contributed by atoms with van der Waals surface area (Å²) in [4.78, 5) is 38.3. The Labute approximate surface area is 110 Å². The van der Waals surface area contributed by atoms with Crippen molar-refractivity contribution in [2.24, 2.45) is 11.8 Å². The molecule has 0 aromatic carbocycles. The summed E-state index contributed by atoms with van der Waals surface area (Å²) in [6, 6.07) is 1.53. The zero-order valence-electron chi connectivity index (χ0n) is 10.8. The maximum atomic E-state index is 12.0. The minimum Gasteiger partial charge on any atom is -0.481 e. The molecule has 1 amide bonds. The quantitative estimate of drug-likeness (QED) is 0.794. The Morgan fingerprint density at radius 2 is 2.05 bits per heavy atom. The van der Waals surface area contributed by atoms with Gasteiger partial charge >= 0.3 is 5.97 Å². The molecule has 0 radical (unpaired) electrons. The van der Waals surface area contributed by atoms with Crippen LogP contribution in [0.15, 0.2) is 12.3 Å². The predicted molar refractivity (Wildman–Crippen MR) is 67.0 cm³/mol. The maximum absolute atomic E-state index is 12.0. The molecule has 6 heteroatoms. The summed E-state index contributed by atoms with van der Waals surface area (Å²) in [5.74, 6) is -1.57. The van der Waals surface area contributed by atoms with Gasteiger partial charge in [-0.15, -0.1) is 0 Å². The van der Waals surface area contributed by atoms with Gasteiger partial charge in [-0.25, -0.2) is 0 Å². The summed E-state index contributed by atoms with van der Waals surface area (Å²) in [5, 5.41) is 8.88. The molecular formula is C13H16N2O4. The number of hydrogen-bond acceptors (Lipinski definition) is 3. The zero-order valence-corrected chi connectivity index (χ0v) is 10.8. The number of hydrogen-bond donors (Lipinski definition) is 2. The molecule has 0 spiro atoms. The van der Waals surface area contributed by atoms with Crippen molar-refractivity contribution in [3.63, 3.8) is 0 Å². The average molecular weight is 264 g/mol. The second kappa shape index (κ2) is 4.87. The van der Waals surface area contributed by atoms with E-state index in [1.807, 2.05) is 0 Å². The third kappa shape index (κ3) is 2.52. The highest BCUT2D eigenvalue weighted by atomic mass is 16.4. The van der Waals surface area contributed by atoms with Gasteiger partial charge in [0.05, 0.1) is 5.92 Å². The van der Waals surface area contributed by atoms with Crippen molar-refractivity contribution < 1.29 is 19.5 Å². The molecule has 2 rings (SSSR count). The van der Waals surface area contributed by atoms with E-state index in [1.165, 1.54) is 19.2 Å². The number of Topliss-reactive ketones (excluding diaryl/α,β-unsaturated/α-hetero) is 1. The van der Waals surface area contributed by atoms with Crippen molar-refractivity contribution in [2.75, 3.05) is 13.1 Å². The van der Waals surface area contributed by atoms with Crippen LogP contribution in [0.5, 0.6) is 0 Å². The van der Waals surface area contributed by atoms with Crippen molar-refractivity contribution in [3.05, 3.63) is 23.5 Å². The number of likely N-dealkylation sites (tertiary alicyclic amines) is 1. The summed E-state index contributed by atoms with van der Waals surface area (Å²) in [6.07, 6.45) is 1.51. The minimum absolute atomic E-state index is 0.00342. The van der Waals surface area contributed by atoms with E-state index >= 15 is 0 Å². The standard InChI is InChI=1S/C13H16N2O4/c1-7(13(18)19)10-5-15(6-10)12(17)11-3-9(4-14-11)8(2)16/h3-4,7,10,14H,5-6H2,1-2H3,(H,18,19). The maximum Gasteiger partial charge on any atom is 0.306 e. The Kier molecular flexibility index (Phi) is 3.42. The van der Waals surface area contributed by atoms with Crippen LogP contribution in [-0.2, 0) is 4.79 Å². The largest absolute Gasteiger partial charge is 0.481 e. The summed E-state index contributed by atoms with van der Waals surface area (Å²) in [7, 11) is 0. The average Bonchev–Trinajstić information content (AvgIpc) is 2.75. The molecular weight excluding hydrogens is 248 g/mol. The Balaban J connectivity index is 1.96. The zero-order chi connectivity index (χ0) is 14.2. The van der Waals surface area contributed by atoms with Crippen LogP contribution >= 0.6 is 0 Å². The SMILES string of the molecule is CC(=O)c1c[nH]c(C(=O)N2CC(C(C)C(=O)O)C2)c1. The molecule has 2 N–H and O–H groups in total. The predicted octanol–water partition coefficient (Wildman–Crippen LogP) is 1.01. The van der Waals surface area contributed by atoms with Crippen molar-refractivity contribution in [1.82, 2.24) is 9.88 Å². The Bertz CT molecular complexity index is 529. The van der Waals surface area contributed by atoms with Crippen LogP contribution in [-0.4, -0.2) is 45.7 Å². The Hall–Kier alpha value is -2.11. The molecule has 1 unspecified atom stereocenters. The third-order valence-electron chi connectivity index (χ3n) is 3.61. The van der Waals surface area contributed by atoms with Crippen LogP contribution < -0.4 is 0 Å². The molecule has 102 valence electrons. The molecule has 19 heavy (non-hydrogen) atoms. The van der Waals surface area contributed by atoms with E-state index in [4.69, 9.17) is 5.11 Å². The van der Waals surface area contributed by atoms with Crippen LogP contribution in [0.1, 0.15) is 34.7 Å². The van der Waals surface area contributed by atoms with Gasteiger partial charge in [0.1, 0.15) is 5.69 Å². The first-order valence-corrected chi connectivity index (χ1v) is 6.11. The number of aliphatic carboxylic acids is 1. The van der Waals surface area contributed by atoms with Crippen LogP contribution in [0.3, 0.4) is 0 Å². The molecule has 0 aliphatic carbocycles. The lowest BCUT2D eigenvalue weighted by Gasteiger charge is -2.40. The first-order chi connectivity index (χ1) is 8.90. The molecule has 1 aromatic rings. The van der Waals surface area contributed by atoms with Crippen LogP contribution in [0.25, 0.3) is 0 Å². The Morgan fingerprint density at radius 3 is 2.53 bits per heavy atom. The number of aromatic nitrogens is 1. The molecule has 1 fully saturated rings. The van der Waals surface area contributed by atoms with Crippen LogP contribution in [0, 0.1) is 11.8 Å². The first kappa shape index (κ1) is 13.3. The fourth-order valence-corrected chi connectivity index (χ4v) is 2.09. The van der Waals surface area contributed by atoms with Gasteiger partial charge in [-0.05, 0) is 13.0 Å². The van der Waals surface area contributed by atoms with Gasteiger partial charge in [-0.3, -0.25) is 14.4 Å². The lowest BCUT2D eigenvalue weighted by molar-refractivity contribution is -0.144. The first-order valence-electron chi connectivity index (χ1n) is 6.11. The van der Waals surface area contributed by atoms with E-state index < -0.39 is 11.9 Å². The number of carboxylic acid groups (broad SMARTS) is 1. The fraction of sp³-hybridized carbons (Fsp3) is 0.462. The highest BCUT2D eigenvalue weighted by molar-refractivity contribution is 5.99. The second-order valence-electron chi connectivity index (χ2n) is 4.96. The summed E-state index contributed by atoms with van der Waals surface area (Å²) >= 11 is 0. The van der Waals surface area contributed by atoms with E-state index in [-0.39, 0.29) is 17.6 Å². The van der Waals surface area contributed by atoms with Gasteiger partial charge in [0, 0.05) is 30.8 Å². The van der Waals surface area contributed by atoms with Crippen LogP contribution in [0.4, 0.5) is 0 Å². The number of nitrogens with one attached hydrogen (secondary N) is 1. The van der Waals surface area contributed by atoms with Crippen molar-refractivity contribution >= 4 is 17.7 Å². The van der Waals surface area contributed by atoms with Gasteiger partial charge in [-0.2, -0.15) is 0 Å². The van der Waals surface area contributed by atoms with E-state index in [0.717, 1.165) is 0 Å². The normalized spacial score (nSPS) is 16.8. The lowest BCUT2D eigenvalue weighted by atomic mass is 9.87. The summed E-state index contributed by atoms with van der Waals surface area (Å²) in [5.41, 5.74) is 0.839. The van der Waals surface area contributed by atoms with Gasteiger partial charge in [0.15, 0.2) is 5.78 Å². The number of H-pyrrole nitrogens is 1. The number of rotatable bonds is 4. The fourth-order valence-electron chi connectivity index (χ4n) is 2.09. The monoisotopic (exact) mass is 264 g/mol. The van der Waals surface area contributed by atoms with E-state index in [9.17, 15) is 14.4 Å². The molecule has 1 aliphatic rings. The van der Waals surface area contributed by atoms with Gasteiger partial charge in [0.25, 0.3) is 5.91 Å². The third-order valence-corrected chi connectivity index (χ3v) is 3.61. The number of aromatic amines is 1. The van der Waals surface area contributed by atoms with Gasteiger partial charge < -0.3 is 15.0 Å². The topological polar surface area (TPSA) is 90.5 Å². The second-order valence-corrected chi connectivity index (χ2v) is 4.96. The van der Waals surface area contributed by atoms with E-state index in [0.29, 0.717) is 24.3 Å². The highest BCUT2D eigenvalue weighted by Crippen LogP contribution is 2.25. The number of carbonyl (C=O) groups is 3. The number of amides is 1. The van der Waals surface area contributed by atoms with Gasteiger partial charge in [-0.1, -0.05) is 6.92 Å². The van der Waals surface area contributed by atoms with Crippen molar-refractivity contribution in [1.29, 1.82) is 0 Å². The molecule has 2 heterocycles. The molecule has 0 bridgehead atoms. The van der Waals surface area contributed by atoms with Gasteiger partial charge in [0.2, 0.25) is 0 Å². The van der Waals surface area contributed by atoms with Crippen molar-refractivity contribution in [3.8, 4) is 0 Å². The van der Waals surface area contributed by atoms with Crippen LogP contribution in [0.2, 0.25) is 0 Å². The number of carbonyl (C=O) groups excluding carboxylic acids is 2. The highest BCUT2D eigenvalue weighted by Gasteiger charge is 2.37. The molecule has 0 saturated carbocycles. The molecule has 1 aromatic heterocycles. The lowest BCUT2D eigenvalue weighted by Crippen LogP contribution is -2.53. The number of carboxylic acids is 1.